The number of carbonyl (C=O) groups excluding carboxylic acids is 2. The van der Waals surface area contributed by atoms with Gasteiger partial charge in [-0.2, -0.15) is 0 Å². The molecule has 7 heteroatoms. The molecule has 2 N–H and O–H groups in total. The molecule has 150 valence electrons. The van der Waals surface area contributed by atoms with E-state index in [1.165, 1.54) is 7.11 Å². The number of ether oxygens (including phenoxy) is 1. The van der Waals surface area contributed by atoms with E-state index in [1.54, 1.807) is 49.4 Å². The normalized spacial score (nSPS) is 12.9. The highest BCUT2D eigenvalue weighted by molar-refractivity contribution is 6.35. The SMILES string of the molecule is COC(=O)C(CNC(=O)C(C)Cc1ccc(Cl)cc1Cl)Cc1ccc(O)cc1. The Labute approximate surface area is 174 Å². The van der Waals surface area contributed by atoms with Crippen LogP contribution >= 0.6 is 23.2 Å². The molecule has 0 radical (unpaired) electrons. The molecule has 2 aromatic carbocycles. The Balaban J connectivity index is 1.95. The summed E-state index contributed by atoms with van der Waals surface area (Å²) < 4.78 is 4.85. The number of hydrogen-bond acceptors (Lipinski definition) is 4. The van der Waals surface area contributed by atoms with E-state index in [0.717, 1.165) is 11.1 Å². The molecule has 5 nitrogen and oxygen atoms in total. The molecule has 1 amide bonds. The number of phenols is 1. The highest BCUT2D eigenvalue weighted by Crippen LogP contribution is 2.23. The summed E-state index contributed by atoms with van der Waals surface area (Å²) in [5, 5.41) is 13.3. The zero-order chi connectivity index (χ0) is 20.7. The van der Waals surface area contributed by atoms with Gasteiger partial charge in [-0.15, -0.1) is 0 Å². The molecule has 0 fully saturated rings. The molecule has 2 rings (SSSR count). The van der Waals surface area contributed by atoms with Crippen molar-refractivity contribution >= 4 is 35.1 Å². The van der Waals surface area contributed by atoms with Gasteiger partial charge in [0.25, 0.3) is 0 Å². The van der Waals surface area contributed by atoms with Crippen molar-refractivity contribution in [3.05, 3.63) is 63.6 Å². The van der Waals surface area contributed by atoms with Crippen LogP contribution in [0.15, 0.2) is 42.5 Å². The zero-order valence-corrected chi connectivity index (χ0v) is 17.3. The molecule has 2 unspecified atom stereocenters. The minimum atomic E-state index is -0.523. The van der Waals surface area contributed by atoms with Crippen molar-refractivity contribution in [2.24, 2.45) is 11.8 Å². The van der Waals surface area contributed by atoms with E-state index in [2.05, 4.69) is 5.32 Å². The van der Waals surface area contributed by atoms with Gasteiger partial charge in [-0.25, -0.2) is 0 Å². The lowest BCUT2D eigenvalue weighted by molar-refractivity contribution is -0.145. The molecule has 0 aliphatic carbocycles. The monoisotopic (exact) mass is 423 g/mol. The predicted octanol–water partition coefficient (Wildman–Crippen LogP) is 4.03. The summed E-state index contributed by atoms with van der Waals surface area (Å²) in [6.45, 7) is 1.96. The number of methoxy groups -OCH3 is 1. The first-order valence-electron chi connectivity index (χ1n) is 8.87. The minimum Gasteiger partial charge on any atom is -0.508 e. The third kappa shape index (κ3) is 6.43. The molecule has 28 heavy (non-hydrogen) atoms. The molecule has 0 aliphatic heterocycles. The average molecular weight is 424 g/mol. The van der Waals surface area contributed by atoms with Crippen LogP contribution in [-0.4, -0.2) is 30.6 Å². The molecule has 0 heterocycles. The van der Waals surface area contributed by atoms with Crippen molar-refractivity contribution < 1.29 is 19.4 Å². The van der Waals surface area contributed by atoms with Gasteiger partial charge in [0.1, 0.15) is 5.75 Å². The Bertz CT molecular complexity index is 824. The van der Waals surface area contributed by atoms with E-state index in [4.69, 9.17) is 27.9 Å². The van der Waals surface area contributed by atoms with Crippen molar-refractivity contribution in [2.45, 2.75) is 19.8 Å². The highest BCUT2D eigenvalue weighted by Gasteiger charge is 2.22. The molecule has 0 bridgehead atoms. The minimum absolute atomic E-state index is 0.154. The third-order valence-electron chi connectivity index (χ3n) is 4.46. The number of halogens is 2. The highest BCUT2D eigenvalue weighted by atomic mass is 35.5. The Morgan fingerprint density at radius 1 is 1.11 bits per heavy atom. The quantitative estimate of drug-likeness (QED) is 0.628. The summed E-state index contributed by atoms with van der Waals surface area (Å²) in [4.78, 5) is 24.6. The van der Waals surface area contributed by atoms with Gasteiger partial charge in [0, 0.05) is 22.5 Å². The lowest BCUT2D eigenvalue weighted by Gasteiger charge is -2.18. The maximum atomic E-state index is 12.5. The third-order valence-corrected chi connectivity index (χ3v) is 5.05. The fourth-order valence-corrected chi connectivity index (χ4v) is 3.32. The lowest BCUT2D eigenvalue weighted by Crippen LogP contribution is -2.37. The van der Waals surface area contributed by atoms with Crippen LogP contribution < -0.4 is 5.32 Å². The first-order chi connectivity index (χ1) is 13.3. The number of rotatable bonds is 8. The van der Waals surface area contributed by atoms with E-state index in [0.29, 0.717) is 22.9 Å². The number of hydrogen-bond donors (Lipinski definition) is 2. The van der Waals surface area contributed by atoms with E-state index in [-0.39, 0.29) is 24.1 Å². The summed E-state index contributed by atoms with van der Waals surface area (Å²) in [6, 6.07) is 11.8. The molecule has 0 aliphatic rings. The standard InChI is InChI=1S/C21H23Cl2NO4/c1-13(9-15-5-6-17(22)11-19(15)23)20(26)24-12-16(21(27)28-2)10-14-3-7-18(25)8-4-14/h3-8,11,13,16,25H,9-10,12H2,1-2H3,(H,24,26). The Morgan fingerprint density at radius 2 is 1.79 bits per heavy atom. The lowest BCUT2D eigenvalue weighted by atomic mass is 9.97. The maximum Gasteiger partial charge on any atom is 0.310 e. The Morgan fingerprint density at radius 3 is 2.39 bits per heavy atom. The zero-order valence-electron chi connectivity index (χ0n) is 15.7. The van der Waals surface area contributed by atoms with Gasteiger partial charge < -0.3 is 15.2 Å². The van der Waals surface area contributed by atoms with Crippen LogP contribution in [-0.2, 0) is 27.2 Å². The van der Waals surface area contributed by atoms with Crippen molar-refractivity contribution in [1.29, 1.82) is 0 Å². The van der Waals surface area contributed by atoms with Gasteiger partial charge in [0.05, 0.1) is 13.0 Å². The van der Waals surface area contributed by atoms with Crippen LogP contribution in [0.1, 0.15) is 18.1 Å². The molecule has 0 saturated heterocycles. The first kappa shape index (κ1) is 22.1. The number of carbonyl (C=O) groups is 2. The summed E-state index contributed by atoms with van der Waals surface area (Å²) in [5.41, 5.74) is 1.70. The van der Waals surface area contributed by atoms with E-state index in [1.807, 2.05) is 0 Å². The molecular formula is C21H23Cl2NO4. The largest absolute Gasteiger partial charge is 0.508 e. The summed E-state index contributed by atoms with van der Waals surface area (Å²) in [5.74, 6) is -1.27. The number of phenolic OH excluding ortho intramolecular Hbond substituents is 1. The number of nitrogens with one attached hydrogen (secondary N) is 1. The predicted molar refractivity (Wildman–Crippen MR) is 110 cm³/mol. The summed E-state index contributed by atoms with van der Waals surface area (Å²) in [7, 11) is 1.32. The molecule has 2 aromatic rings. The molecule has 0 spiro atoms. The number of benzene rings is 2. The van der Waals surface area contributed by atoms with Crippen LogP contribution in [0.5, 0.6) is 5.75 Å². The van der Waals surface area contributed by atoms with Crippen molar-refractivity contribution in [2.75, 3.05) is 13.7 Å². The number of esters is 1. The molecule has 2 atom stereocenters. The second-order valence-corrected chi connectivity index (χ2v) is 7.52. The van der Waals surface area contributed by atoms with Crippen LogP contribution in [0, 0.1) is 11.8 Å². The van der Waals surface area contributed by atoms with Gasteiger partial charge in [-0.3, -0.25) is 9.59 Å². The second kappa shape index (κ2) is 10.3. The van der Waals surface area contributed by atoms with Crippen LogP contribution in [0.2, 0.25) is 10.0 Å². The van der Waals surface area contributed by atoms with E-state index >= 15 is 0 Å². The van der Waals surface area contributed by atoms with Gasteiger partial charge in [-0.1, -0.05) is 48.3 Å². The van der Waals surface area contributed by atoms with E-state index < -0.39 is 11.9 Å². The van der Waals surface area contributed by atoms with Crippen molar-refractivity contribution in [3.8, 4) is 5.75 Å². The van der Waals surface area contributed by atoms with Gasteiger partial charge in [0.2, 0.25) is 5.91 Å². The fraction of sp³-hybridized carbons (Fsp3) is 0.333. The Kier molecular flexibility index (Phi) is 8.15. The average Bonchev–Trinajstić information content (AvgIpc) is 2.67. The Hall–Kier alpha value is -2.24. The van der Waals surface area contributed by atoms with Gasteiger partial charge in [0.15, 0.2) is 0 Å². The topological polar surface area (TPSA) is 75.6 Å². The van der Waals surface area contributed by atoms with Gasteiger partial charge in [-0.05, 0) is 48.2 Å². The fourth-order valence-electron chi connectivity index (χ4n) is 2.83. The van der Waals surface area contributed by atoms with Crippen LogP contribution in [0.3, 0.4) is 0 Å². The van der Waals surface area contributed by atoms with Crippen molar-refractivity contribution in [3.63, 3.8) is 0 Å². The van der Waals surface area contributed by atoms with E-state index in [9.17, 15) is 14.7 Å². The van der Waals surface area contributed by atoms with Crippen LogP contribution in [0.25, 0.3) is 0 Å². The molecule has 0 saturated carbocycles. The molecular weight excluding hydrogens is 401 g/mol. The smallest absolute Gasteiger partial charge is 0.310 e. The summed E-state index contributed by atoms with van der Waals surface area (Å²) >= 11 is 12.1. The number of aromatic hydroxyl groups is 1. The summed E-state index contributed by atoms with van der Waals surface area (Å²) in [6.07, 6.45) is 0.854. The molecule has 0 aromatic heterocycles. The second-order valence-electron chi connectivity index (χ2n) is 6.68. The first-order valence-corrected chi connectivity index (χ1v) is 9.63. The van der Waals surface area contributed by atoms with Gasteiger partial charge >= 0.3 is 5.97 Å². The maximum absolute atomic E-state index is 12.5. The number of amides is 1. The van der Waals surface area contributed by atoms with Crippen LogP contribution in [0.4, 0.5) is 0 Å². The van der Waals surface area contributed by atoms with Crippen molar-refractivity contribution in [1.82, 2.24) is 5.32 Å².